The van der Waals surface area contributed by atoms with Crippen LogP contribution < -0.4 is 20.7 Å². The molecule has 0 spiro atoms. The summed E-state index contributed by atoms with van der Waals surface area (Å²) >= 11 is 6.19. The summed E-state index contributed by atoms with van der Waals surface area (Å²) in [6.45, 7) is 1.40. The molecule has 1 aromatic carbocycles. The third-order valence-electron chi connectivity index (χ3n) is 4.65. The number of benzene rings is 1. The summed E-state index contributed by atoms with van der Waals surface area (Å²) in [5.74, 6) is -0.0479. The van der Waals surface area contributed by atoms with Crippen LogP contribution in [0.3, 0.4) is 0 Å². The van der Waals surface area contributed by atoms with Gasteiger partial charge in [0, 0.05) is 31.1 Å². The highest BCUT2D eigenvalue weighted by molar-refractivity contribution is 6.34. The Morgan fingerprint density at radius 3 is 2.50 bits per heavy atom. The topological polar surface area (TPSA) is 79.5 Å². The molecule has 6 nitrogen and oxygen atoms in total. The first-order valence-corrected chi connectivity index (χ1v) is 8.56. The quantitative estimate of drug-likeness (QED) is 0.777. The first kappa shape index (κ1) is 17.0. The van der Waals surface area contributed by atoms with Gasteiger partial charge in [0.25, 0.3) is 5.91 Å². The zero-order valence-corrected chi connectivity index (χ0v) is 14.6. The Hall–Kier alpha value is -1.79. The van der Waals surface area contributed by atoms with Crippen LogP contribution in [0.2, 0.25) is 5.02 Å². The fraction of sp³-hybridized carbons (Fsp3) is 0.529. The Bertz CT molecular complexity index is 653. The summed E-state index contributed by atoms with van der Waals surface area (Å²) < 4.78 is 5.30. The summed E-state index contributed by atoms with van der Waals surface area (Å²) in [5, 5.41) is 9.58. The third kappa shape index (κ3) is 3.65. The number of hydrogen-bond acceptors (Lipinski definition) is 4. The van der Waals surface area contributed by atoms with Gasteiger partial charge in [-0.1, -0.05) is 11.6 Å². The fourth-order valence-corrected chi connectivity index (χ4v) is 3.83. The molecule has 130 valence electrons. The normalized spacial score (nSPS) is 25.2. The lowest BCUT2D eigenvalue weighted by Gasteiger charge is -2.29. The average molecular weight is 352 g/mol. The maximum atomic E-state index is 12.7. The lowest BCUT2D eigenvalue weighted by Crippen LogP contribution is -2.48. The first-order valence-electron chi connectivity index (χ1n) is 8.18. The standard InChI is InChI=1S/C17H22ClN3O3/c1-9(22)19-15-8-16(24-2)13(7-14(15)18)17(23)21-12-5-10-3-4-11(6-12)20-10/h7-8,10-12,20H,3-6H2,1-2H3,(H,19,22)(H,21,23)/t10-,11+,12?. The Kier molecular flexibility index (Phi) is 4.96. The smallest absolute Gasteiger partial charge is 0.255 e. The van der Waals surface area contributed by atoms with E-state index in [2.05, 4.69) is 16.0 Å². The van der Waals surface area contributed by atoms with Gasteiger partial charge in [-0.2, -0.15) is 0 Å². The predicted octanol–water partition coefficient (Wildman–Crippen LogP) is 2.32. The Morgan fingerprint density at radius 1 is 1.25 bits per heavy atom. The van der Waals surface area contributed by atoms with E-state index >= 15 is 0 Å². The Morgan fingerprint density at radius 2 is 1.92 bits per heavy atom. The van der Waals surface area contributed by atoms with Crippen molar-refractivity contribution in [1.29, 1.82) is 0 Å². The molecule has 24 heavy (non-hydrogen) atoms. The van der Waals surface area contributed by atoms with Crippen molar-refractivity contribution in [3.05, 3.63) is 22.7 Å². The molecule has 0 radical (unpaired) electrons. The number of fused-ring (bicyclic) bond motifs is 2. The molecule has 0 saturated carbocycles. The van der Waals surface area contributed by atoms with E-state index in [0.29, 0.717) is 34.1 Å². The minimum atomic E-state index is -0.235. The monoisotopic (exact) mass is 351 g/mol. The van der Waals surface area contributed by atoms with Crippen LogP contribution in [-0.4, -0.2) is 37.0 Å². The summed E-state index contributed by atoms with van der Waals surface area (Å²) in [6.07, 6.45) is 4.25. The molecule has 2 aliphatic rings. The number of amides is 2. The Labute approximate surface area is 146 Å². The minimum Gasteiger partial charge on any atom is -0.496 e. The SMILES string of the molecule is COc1cc(NC(C)=O)c(Cl)cc1C(=O)NC1C[C@H]2CC[C@@H](C1)N2. The van der Waals surface area contributed by atoms with Crippen molar-refractivity contribution in [2.24, 2.45) is 0 Å². The average Bonchev–Trinajstić information content (AvgIpc) is 2.87. The number of halogens is 1. The molecule has 2 bridgehead atoms. The molecule has 3 rings (SSSR count). The minimum absolute atomic E-state index is 0.162. The largest absolute Gasteiger partial charge is 0.496 e. The van der Waals surface area contributed by atoms with Crippen molar-refractivity contribution in [3.8, 4) is 5.75 Å². The summed E-state index contributed by atoms with van der Waals surface area (Å²) in [6, 6.07) is 4.28. The number of hydrogen-bond donors (Lipinski definition) is 3. The van der Waals surface area contributed by atoms with Gasteiger partial charge in [0.1, 0.15) is 5.75 Å². The molecule has 3 atom stereocenters. The van der Waals surface area contributed by atoms with Gasteiger partial charge in [0.2, 0.25) is 5.91 Å². The molecule has 3 N–H and O–H groups in total. The molecule has 2 heterocycles. The molecule has 7 heteroatoms. The van der Waals surface area contributed by atoms with Crippen molar-refractivity contribution < 1.29 is 14.3 Å². The molecule has 2 amide bonds. The number of rotatable bonds is 4. The highest BCUT2D eigenvalue weighted by Crippen LogP contribution is 2.32. The van der Waals surface area contributed by atoms with Gasteiger partial charge in [0.05, 0.1) is 23.4 Å². The van der Waals surface area contributed by atoms with Crippen LogP contribution in [-0.2, 0) is 4.79 Å². The van der Waals surface area contributed by atoms with Crippen LogP contribution in [0.25, 0.3) is 0 Å². The van der Waals surface area contributed by atoms with E-state index in [1.807, 2.05) is 0 Å². The molecule has 2 saturated heterocycles. The van der Waals surface area contributed by atoms with Crippen LogP contribution in [0.15, 0.2) is 12.1 Å². The van der Waals surface area contributed by atoms with Crippen LogP contribution in [0, 0.1) is 0 Å². The van der Waals surface area contributed by atoms with Gasteiger partial charge in [-0.05, 0) is 31.7 Å². The lowest BCUT2D eigenvalue weighted by molar-refractivity contribution is -0.114. The van der Waals surface area contributed by atoms with Crippen molar-refractivity contribution in [2.45, 2.75) is 50.7 Å². The van der Waals surface area contributed by atoms with E-state index in [9.17, 15) is 9.59 Å². The first-order chi connectivity index (χ1) is 11.5. The van der Waals surface area contributed by atoms with Gasteiger partial charge >= 0.3 is 0 Å². The lowest BCUT2D eigenvalue weighted by atomic mass is 9.99. The summed E-state index contributed by atoms with van der Waals surface area (Å²) in [5.41, 5.74) is 0.806. The van der Waals surface area contributed by atoms with Crippen molar-refractivity contribution in [2.75, 3.05) is 12.4 Å². The predicted molar refractivity (Wildman–Crippen MR) is 92.7 cm³/mol. The summed E-state index contributed by atoms with van der Waals surface area (Å²) in [7, 11) is 1.49. The number of methoxy groups -OCH3 is 1. The van der Waals surface area contributed by atoms with E-state index in [1.54, 1.807) is 6.07 Å². The number of anilines is 1. The van der Waals surface area contributed by atoms with Crippen LogP contribution in [0.4, 0.5) is 5.69 Å². The van der Waals surface area contributed by atoms with Gasteiger partial charge in [-0.15, -0.1) is 0 Å². The highest BCUT2D eigenvalue weighted by Gasteiger charge is 2.34. The van der Waals surface area contributed by atoms with E-state index < -0.39 is 0 Å². The van der Waals surface area contributed by atoms with E-state index in [0.717, 1.165) is 12.8 Å². The maximum Gasteiger partial charge on any atom is 0.255 e. The second-order valence-electron chi connectivity index (χ2n) is 6.49. The van der Waals surface area contributed by atoms with E-state index in [4.69, 9.17) is 16.3 Å². The molecule has 1 unspecified atom stereocenters. The van der Waals surface area contributed by atoms with E-state index in [-0.39, 0.29) is 17.9 Å². The molecule has 0 aliphatic carbocycles. The molecule has 0 aromatic heterocycles. The summed E-state index contributed by atoms with van der Waals surface area (Å²) in [4.78, 5) is 23.9. The molecular formula is C17H22ClN3O3. The molecule has 2 aliphatic heterocycles. The third-order valence-corrected chi connectivity index (χ3v) is 4.97. The van der Waals surface area contributed by atoms with Gasteiger partial charge < -0.3 is 20.7 Å². The van der Waals surface area contributed by atoms with Gasteiger partial charge in [0.15, 0.2) is 0 Å². The van der Waals surface area contributed by atoms with Crippen LogP contribution in [0.5, 0.6) is 5.75 Å². The number of carbonyl (C=O) groups excluding carboxylic acids is 2. The second kappa shape index (κ2) is 6.99. The Balaban J connectivity index is 1.76. The van der Waals surface area contributed by atoms with Crippen molar-refractivity contribution >= 4 is 29.1 Å². The zero-order valence-electron chi connectivity index (χ0n) is 13.8. The van der Waals surface area contributed by atoms with E-state index in [1.165, 1.54) is 32.9 Å². The molecular weight excluding hydrogens is 330 g/mol. The van der Waals surface area contributed by atoms with Crippen molar-refractivity contribution in [1.82, 2.24) is 10.6 Å². The molecule has 1 aromatic rings. The van der Waals surface area contributed by atoms with Gasteiger partial charge in [-0.25, -0.2) is 0 Å². The number of piperidine rings is 1. The maximum absolute atomic E-state index is 12.7. The van der Waals surface area contributed by atoms with Crippen LogP contribution >= 0.6 is 11.6 Å². The van der Waals surface area contributed by atoms with Crippen molar-refractivity contribution in [3.63, 3.8) is 0 Å². The van der Waals surface area contributed by atoms with Crippen LogP contribution in [0.1, 0.15) is 43.0 Å². The second-order valence-corrected chi connectivity index (χ2v) is 6.90. The molecule has 2 fully saturated rings. The zero-order chi connectivity index (χ0) is 17.3. The number of carbonyl (C=O) groups is 2. The highest BCUT2D eigenvalue weighted by atomic mass is 35.5. The fourth-order valence-electron chi connectivity index (χ4n) is 3.62. The number of nitrogens with one attached hydrogen (secondary N) is 3. The van der Waals surface area contributed by atoms with Gasteiger partial charge in [-0.3, -0.25) is 9.59 Å². The number of ether oxygens (including phenoxy) is 1.